The minimum absolute atomic E-state index is 0.309. The van der Waals surface area contributed by atoms with Crippen molar-refractivity contribution < 1.29 is 9.53 Å². The van der Waals surface area contributed by atoms with Gasteiger partial charge >= 0.3 is 6.09 Å². The summed E-state index contributed by atoms with van der Waals surface area (Å²) in [4.78, 5) is 17.2. The van der Waals surface area contributed by atoms with E-state index in [9.17, 15) is 4.79 Å². The fourth-order valence-corrected chi connectivity index (χ4v) is 1.71. The normalized spacial score (nSPS) is 24.6. The molecule has 0 aliphatic carbocycles. The van der Waals surface area contributed by atoms with Crippen LogP contribution in [0.25, 0.3) is 0 Å². The van der Waals surface area contributed by atoms with Crippen molar-refractivity contribution in [3.05, 3.63) is 30.1 Å². The quantitative estimate of drug-likeness (QED) is 0.817. The lowest BCUT2D eigenvalue weighted by molar-refractivity contribution is 0.0781. The molecule has 1 aromatic heterocycles. The third-order valence-corrected chi connectivity index (χ3v) is 2.65. The molecule has 16 heavy (non-hydrogen) atoms. The lowest BCUT2D eigenvalue weighted by atomic mass is 10.1. The van der Waals surface area contributed by atoms with Gasteiger partial charge in [-0.05, 0) is 18.6 Å². The number of aromatic nitrogens is 1. The molecule has 1 saturated heterocycles. The first-order valence-corrected chi connectivity index (χ1v) is 5.20. The van der Waals surface area contributed by atoms with Crippen LogP contribution >= 0.6 is 0 Å². The first-order valence-electron chi connectivity index (χ1n) is 5.20. The number of rotatable bonds is 3. The highest BCUT2D eigenvalue weighted by atomic mass is 16.6. The van der Waals surface area contributed by atoms with Crippen molar-refractivity contribution in [1.82, 2.24) is 9.88 Å². The van der Waals surface area contributed by atoms with E-state index in [4.69, 9.17) is 10.5 Å². The van der Waals surface area contributed by atoms with Crippen LogP contribution in [0, 0.1) is 0 Å². The van der Waals surface area contributed by atoms with Crippen molar-refractivity contribution in [3.63, 3.8) is 0 Å². The Morgan fingerprint density at radius 2 is 2.50 bits per heavy atom. The molecule has 0 radical (unpaired) electrons. The molecular weight excluding hydrogens is 206 g/mol. The molecule has 1 aromatic rings. The number of hydrogen-bond donors (Lipinski definition) is 1. The highest BCUT2D eigenvalue weighted by Gasteiger charge is 2.40. The first-order chi connectivity index (χ1) is 7.63. The Bertz CT molecular complexity index is 382. The summed E-state index contributed by atoms with van der Waals surface area (Å²) >= 11 is 0. The molecule has 1 aliphatic rings. The number of amides is 1. The zero-order chi connectivity index (χ0) is 11.6. The van der Waals surface area contributed by atoms with Gasteiger partial charge < -0.3 is 10.5 Å². The monoisotopic (exact) mass is 221 g/mol. The van der Waals surface area contributed by atoms with Crippen molar-refractivity contribution >= 4 is 6.09 Å². The maximum Gasteiger partial charge on any atom is 0.410 e. The maximum atomic E-state index is 11.6. The van der Waals surface area contributed by atoms with Gasteiger partial charge in [0.15, 0.2) is 0 Å². The molecule has 5 heteroatoms. The number of pyridine rings is 1. The fourth-order valence-electron chi connectivity index (χ4n) is 1.71. The fraction of sp³-hybridized carbons (Fsp3) is 0.455. The molecule has 2 heterocycles. The highest BCUT2D eigenvalue weighted by molar-refractivity contribution is 5.70. The number of hydrogen-bond acceptors (Lipinski definition) is 4. The van der Waals surface area contributed by atoms with Gasteiger partial charge in [-0.25, -0.2) is 4.79 Å². The molecule has 0 aromatic carbocycles. The Hall–Kier alpha value is -1.62. The van der Waals surface area contributed by atoms with E-state index in [2.05, 4.69) is 4.98 Å². The summed E-state index contributed by atoms with van der Waals surface area (Å²) in [7, 11) is 0. The van der Waals surface area contributed by atoms with Crippen LogP contribution in [-0.4, -0.2) is 34.7 Å². The standard InChI is InChI=1S/C11H15N3O2/c1-11(7-12)8-14(10(15)16-11)6-9-3-2-4-13-5-9/h2-5H,6-8,12H2,1H3. The summed E-state index contributed by atoms with van der Waals surface area (Å²) < 4.78 is 5.22. The summed E-state index contributed by atoms with van der Waals surface area (Å²) in [5, 5.41) is 0. The van der Waals surface area contributed by atoms with Gasteiger partial charge in [-0.1, -0.05) is 6.07 Å². The van der Waals surface area contributed by atoms with E-state index in [0.29, 0.717) is 19.6 Å². The average molecular weight is 221 g/mol. The van der Waals surface area contributed by atoms with Gasteiger partial charge in [0.05, 0.1) is 13.1 Å². The zero-order valence-electron chi connectivity index (χ0n) is 9.22. The van der Waals surface area contributed by atoms with Crippen LogP contribution in [0.3, 0.4) is 0 Å². The SMILES string of the molecule is CC1(CN)CN(Cc2cccnc2)C(=O)O1. The summed E-state index contributed by atoms with van der Waals surface area (Å²) in [6.07, 6.45) is 3.14. The molecular formula is C11H15N3O2. The van der Waals surface area contributed by atoms with Crippen molar-refractivity contribution in [1.29, 1.82) is 0 Å². The summed E-state index contributed by atoms with van der Waals surface area (Å²) in [5.74, 6) is 0. The second-order valence-corrected chi connectivity index (χ2v) is 4.24. The third kappa shape index (κ3) is 2.14. The topological polar surface area (TPSA) is 68.5 Å². The summed E-state index contributed by atoms with van der Waals surface area (Å²) in [5.41, 5.74) is 6.00. The van der Waals surface area contributed by atoms with Gasteiger partial charge in [0.25, 0.3) is 0 Å². The largest absolute Gasteiger partial charge is 0.440 e. The average Bonchev–Trinajstić information content (AvgIpc) is 2.57. The van der Waals surface area contributed by atoms with Crippen LogP contribution in [0.15, 0.2) is 24.5 Å². The molecule has 1 fully saturated rings. The van der Waals surface area contributed by atoms with Crippen molar-refractivity contribution in [3.8, 4) is 0 Å². The van der Waals surface area contributed by atoms with Gasteiger partial charge in [0.2, 0.25) is 0 Å². The smallest absolute Gasteiger partial charge is 0.410 e. The number of cyclic esters (lactones) is 1. The molecule has 2 rings (SSSR count). The Labute approximate surface area is 94.2 Å². The van der Waals surface area contributed by atoms with Crippen LogP contribution in [-0.2, 0) is 11.3 Å². The van der Waals surface area contributed by atoms with E-state index in [-0.39, 0.29) is 6.09 Å². The Morgan fingerprint density at radius 1 is 1.69 bits per heavy atom. The summed E-state index contributed by atoms with van der Waals surface area (Å²) in [6, 6.07) is 3.78. The van der Waals surface area contributed by atoms with Crippen molar-refractivity contribution in [2.45, 2.75) is 19.1 Å². The van der Waals surface area contributed by atoms with Crippen LogP contribution < -0.4 is 5.73 Å². The zero-order valence-corrected chi connectivity index (χ0v) is 9.22. The van der Waals surface area contributed by atoms with Crippen molar-refractivity contribution in [2.24, 2.45) is 5.73 Å². The highest BCUT2D eigenvalue weighted by Crippen LogP contribution is 2.22. The van der Waals surface area contributed by atoms with E-state index < -0.39 is 5.60 Å². The number of carbonyl (C=O) groups is 1. The van der Waals surface area contributed by atoms with Gasteiger partial charge in [-0.2, -0.15) is 0 Å². The van der Waals surface area contributed by atoms with E-state index in [1.165, 1.54) is 0 Å². The molecule has 0 saturated carbocycles. The van der Waals surface area contributed by atoms with E-state index in [0.717, 1.165) is 5.56 Å². The minimum atomic E-state index is -0.556. The van der Waals surface area contributed by atoms with Crippen molar-refractivity contribution in [2.75, 3.05) is 13.1 Å². The van der Waals surface area contributed by atoms with E-state index >= 15 is 0 Å². The van der Waals surface area contributed by atoms with Gasteiger partial charge in [0.1, 0.15) is 5.60 Å². The Morgan fingerprint density at radius 3 is 3.06 bits per heavy atom. The van der Waals surface area contributed by atoms with Gasteiger partial charge in [-0.15, -0.1) is 0 Å². The Kier molecular flexibility index (Phi) is 2.78. The number of ether oxygens (including phenoxy) is 1. The van der Waals surface area contributed by atoms with Crippen LogP contribution in [0.1, 0.15) is 12.5 Å². The van der Waals surface area contributed by atoms with Crippen LogP contribution in [0.5, 0.6) is 0 Å². The molecule has 1 unspecified atom stereocenters. The van der Waals surface area contributed by atoms with Gasteiger partial charge in [0, 0.05) is 18.9 Å². The van der Waals surface area contributed by atoms with Crippen LogP contribution in [0.4, 0.5) is 4.79 Å². The number of nitrogens with zero attached hydrogens (tertiary/aromatic N) is 2. The molecule has 0 bridgehead atoms. The first kappa shape index (κ1) is 10.9. The van der Waals surface area contributed by atoms with Gasteiger partial charge in [-0.3, -0.25) is 9.88 Å². The molecule has 1 atom stereocenters. The Balaban J connectivity index is 2.05. The molecule has 2 N–H and O–H groups in total. The molecule has 0 spiro atoms. The van der Waals surface area contributed by atoms with E-state index in [1.54, 1.807) is 17.3 Å². The predicted octanol–water partition coefficient (Wildman–Crippen LogP) is 0.751. The molecule has 86 valence electrons. The molecule has 1 aliphatic heterocycles. The second-order valence-electron chi connectivity index (χ2n) is 4.24. The van der Waals surface area contributed by atoms with E-state index in [1.807, 2.05) is 19.1 Å². The number of carbonyl (C=O) groups excluding carboxylic acids is 1. The molecule has 1 amide bonds. The minimum Gasteiger partial charge on any atom is -0.440 e. The summed E-state index contributed by atoms with van der Waals surface area (Å²) in [6.45, 7) is 3.22. The second kappa shape index (κ2) is 4.09. The maximum absolute atomic E-state index is 11.6. The predicted molar refractivity (Wildman–Crippen MR) is 58.6 cm³/mol. The lowest BCUT2D eigenvalue weighted by Gasteiger charge is -2.18. The lowest BCUT2D eigenvalue weighted by Crippen LogP contribution is -2.38. The molecule has 5 nitrogen and oxygen atoms in total. The van der Waals surface area contributed by atoms with Crippen LogP contribution in [0.2, 0.25) is 0 Å². The third-order valence-electron chi connectivity index (χ3n) is 2.65. The number of nitrogens with two attached hydrogens (primary N) is 1.